The molecule has 1 aliphatic rings. The monoisotopic (exact) mass is 469 g/mol. The molecule has 2 heterocycles. The van der Waals surface area contributed by atoms with Crippen LogP contribution in [0.25, 0.3) is 22.0 Å². The van der Waals surface area contributed by atoms with Crippen molar-refractivity contribution in [2.45, 2.75) is 25.5 Å². The van der Waals surface area contributed by atoms with Crippen LogP contribution in [-0.2, 0) is 16.1 Å². The van der Waals surface area contributed by atoms with Crippen LogP contribution >= 0.6 is 0 Å². The molecule has 0 saturated carbocycles. The lowest BCUT2D eigenvalue weighted by Gasteiger charge is -2.25. The predicted octanol–water partition coefficient (Wildman–Crippen LogP) is 4.18. The Hall–Kier alpha value is -3.97. The van der Waals surface area contributed by atoms with Gasteiger partial charge in [0.25, 0.3) is 11.5 Å². The maximum absolute atomic E-state index is 13.3. The minimum Gasteiger partial charge on any atom is -0.483 e. The number of rotatable bonds is 8. The Kier molecular flexibility index (Phi) is 6.86. The topological polar surface area (TPSA) is 84.5 Å². The number of carbonyl (C=O) groups excluding carboxylic acids is 1. The van der Waals surface area contributed by atoms with E-state index in [4.69, 9.17) is 9.47 Å². The summed E-state index contributed by atoms with van der Waals surface area (Å²) >= 11 is 0. The standard InChI is InChI=1S/C28H27N3O4/c32-27(19-35-25-15-7-5-12-22(25)20-9-2-1-3-10-20)31(17-21-11-8-16-34-21)18-26-29-24-14-6-4-13-23(24)28(33)30-26/h1-7,9-10,12-15,21H,8,11,16-19H2,(H,29,30,33)/t21-/m0/s1. The van der Waals surface area contributed by atoms with Gasteiger partial charge in [-0.1, -0.05) is 60.7 Å². The number of H-pyrrole nitrogens is 1. The van der Waals surface area contributed by atoms with E-state index in [1.807, 2.05) is 60.7 Å². The Morgan fingerprint density at radius 2 is 1.80 bits per heavy atom. The van der Waals surface area contributed by atoms with E-state index >= 15 is 0 Å². The molecular weight excluding hydrogens is 442 g/mol. The van der Waals surface area contributed by atoms with E-state index in [1.165, 1.54) is 0 Å². The van der Waals surface area contributed by atoms with Crippen LogP contribution in [0.3, 0.4) is 0 Å². The first kappa shape index (κ1) is 22.8. The normalized spacial score (nSPS) is 15.3. The second-order valence-electron chi connectivity index (χ2n) is 8.59. The SMILES string of the molecule is O=C(COc1ccccc1-c1ccccc1)N(Cc1nc2ccccc2c(=O)[nH]1)C[C@@H]1CCCO1. The molecule has 5 rings (SSSR count). The molecule has 0 aliphatic carbocycles. The Balaban J connectivity index is 1.35. The number of fused-ring (bicyclic) bond motifs is 1. The molecule has 0 unspecified atom stereocenters. The number of benzene rings is 3. The van der Waals surface area contributed by atoms with Crippen LogP contribution in [0.15, 0.2) is 83.7 Å². The van der Waals surface area contributed by atoms with E-state index in [0.29, 0.717) is 35.6 Å². The van der Waals surface area contributed by atoms with Gasteiger partial charge in [0, 0.05) is 18.7 Å². The molecule has 1 fully saturated rings. The lowest BCUT2D eigenvalue weighted by molar-refractivity contribution is -0.135. The summed E-state index contributed by atoms with van der Waals surface area (Å²) in [7, 11) is 0. The van der Waals surface area contributed by atoms with Gasteiger partial charge in [-0.05, 0) is 36.6 Å². The van der Waals surface area contributed by atoms with Gasteiger partial charge in [0.2, 0.25) is 0 Å². The molecule has 7 nitrogen and oxygen atoms in total. The molecule has 4 aromatic rings. The van der Waals surface area contributed by atoms with Crippen molar-refractivity contribution in [3.05, 3.63) is 95.0 Å². The summed E-state index contributed by atoms with van der Waals surface area (Å²) in [5.74, 6) is 0.880. The van der Waals surface area contributed by atoms with E-state index < -0.39 is 0 Å². The maximum Gasteiger partial charge on any atom is 0.261 e. The van der Waals surface area contributed by atoms with Crippen molar-refractivity contribution in [3.63, 3.8) is 0 Å². The Morgan fingerprint density at radius 3 is 2.63 bits per heavy atom. The molecule has 35 heavy (non-hydrogen) atoms. The highest BCUT2D eigenvalue weighted by atomic mass is 16.5. The maximum atomic E-state index is 13.3. The van der Waals surface area contributed by atoms with E-state index in [-0.39, 0.29) is 30.7 Å². The van der Waals surface area contributed by atoms with Gasteiger partial charge < -0.3 is 19.4 Å². The molecule has 1 amide bonds. The lowest BCUT2D eigenvalue weighted by atomic mass is 10.1. The molecule has 1 atom stereocenters. The first-order chi connectivity index (χ1) is 17.2. The summed E-state index contributed by atoms with van der Waals surface area (Å²) in [6, 6.07) is 24.8. The van der Waals surface area contributed by atoms with Crippen molar-refractivity contribution >= 4 is 16.8 Å². The van der Waals surface area contributed by atoms with E-state index in [2.05, 4.69) is 9.97 Å². The molecule has 178 valence electrons. The summed E-state index contributed by atoms with van der Waals surface area (Å²) in [5.41, 5.74) is 2.32. The number of hydrogen-bond acceptors (Lipinski definition) is 5. The van der Waals surface area contributed by atoms with E-state index in [0.717, 1.165) is 24.0 Å². The van der Waals surface area contributed by atoms with Crippen molar-refractivity contribution in [1.29, 1.82) is 0 Å². The largest absolute Gasteiger partial charge is 0.483 e. The Labute approximate surface area is 203 Å². The van der Waals surface area contributed by atoms with Crippen molar-refractivity contribution in [1.82, 2.24) is 14.9 Å². The van der Waals surface area contributed by atoms with Crippen molar-refractivity contribution < 1.29 is 14.3 Å². The highest BCUT2D eigenvalue weighted by Crippen LogP contribution is 2.29. The molecular formula is C28H27N3O4. The molecule has 7 heteroatoms. The van der Waals surface area contributed by atoms with Crippen molar-refractivity contribution in [2.75, 3.05) is 19.8 Å². The van der Waals surface area contributed by atoms with Gasteiger partial charge in [0.05, 0.1) is 23.6 Å². The van der Waals surface area contributed by atoms with Gasteiger partial charge in [-0.2, -0.15) is 0 Å². The fourth-order valence-electron chi connectivity index (χ4n) is 4.36. The molecule has 1 saturated heterocycles. The van der Waals surface area contributed by atoms with E-state index in [1.54, 1.807) is 23.1 Å². The summed E-state index contributed by atoms with van der Waals surface area (Å²) in [6.07, 6.45) is 1.82. The number of amides is 1. The number of carbonyl (C=O) groups is 1. The van der Waals surface area contributed by atoms with Gasteiger partial charge in [-0.15, -0.1) is 0 Å². The highest BCUT2D eigenvalue weighted by molar-refractivity contribution is 5.79. The lowest BCUT2D eigenvalue weighted by Crippen LogP contribution is -2.40. The van der Waals surface area contributed by atoms with Crippen molar-refractivity contribution in [3.8, 4) is 16.9 Å². The Bertz CT molecular complexity index is 1360. The van der Waals surface area contributed by atoms with E-state index in [9.17, 15) is 9.59 Å². The van der Waals surface area contributed by atoms with Crippen LogP contribution in [0.1, 0.15) is 18.7 Å². The highest BCUT2D eigenvalue weighted by Gasteiger charge is 2.24. The predicted molar refractivity (Wildman–Crippen MR) is 134 cm³/mol. The average molecular weight is 470 g/mol. The van der Waals surface area contributed by atoms with Gasteiger partial charge in [0.1, 0.15) is 11.6 Å². The van der Waals surface area contributed by atoms with Crippen LogP contribution in [0.4, 0.5) is 0 Å². The third kappa shape index (κ3) is 5.41. The van der Waals surface area contributed by atoms with Crippen LogP contribution < -0.4 is 10.3 Å². The fourth-order valence-corrected chi connectivity index (χ4v) is 4.36. The van der Waals surface area contributed by atoms with Gasteiger partial charge >= 0.3 is 0 Å². The number of hydrogen-bond donors (Lipinski definition) is 1. The first-order valence-corrected chi connectivity index (χ1v) is 11.8. The second-order valence-corrected chi connectivity index (χ2v) is 8.59. The average Bonchev–Trinajstić information content (AvgIpc) is 3.41. The number of aromatic amines is 1. The molecule has 0 spiro atoms. The van der Waals surface area contributed by atoms with Crippen molar-refractivity contribution in [2.24, 2.45) is 0 Å². The molecule has 0 bridgehead atoms. The molecule has 1 N–H and O–H groups in total. The number of nitrogens with zero attached hydrogens (tertiary/aromatic N) is 2. The van der Waals surface area contributed by atoms with Gasteiger partial charge in [0.15, 0.2) is 6.61 Å². The Morgan fingerprint density at radius 1 is 1.03 bits per heavy atom. The third-order valence-electron chi connectivity index (χ3n) is 6.13. The number of para-hydroxylation sites is 2. The number of ether oxygens (including phenoxy) is 2. The summed E-state index contributed by atoms with van der Waals surface area (Å²) in [4.78, 5) is 34.9. The molecule has 1 aromatic heterocycles. The summed E-state index contributed by atoms with van der Waals surface area (Å²) in [5, 5.41) is 0.522. The van der Waals surface area contributed by atoms with Crippen LogP contribution in [-0.4, -0.2) is 46.6 Å². The quantitative estimate of drug-likeness (QED) is 0.419. The molecule has 3 aromatic carbocycles. The zero-order valence-corrected chi connectivity index (χ0v) is 19.4. The third-order valence-corrected chi connectivity index (χ3v) is 6.13. The molecule has 1 aliphatic heterocycles. The van der Waals surface area contributed by atoms with Crippen LogP contribution in [0.5, 0.6) is 5.75 Å². The zero-order chi connectivity index (χ0) is 24.0. The first-order valence-electron chi connectivity index (χ1n) is 11.8. The number of aromatic nitrogens is 2. The summed E-state index contributed by atoms with van der Waals surface area (Å²) < 4.78 is 11.8. The minimum absolute atomic E-state index is 0.0391. The zero-order valence-electron chi connectivity index (χ0n) is 19.4. The van der Waals surface area contributed by atoms with Gasteiger partial charge in [-0.3, -0.25) is 9.59 Å². The molecule has 0 radical (unpaired) electrons. The van der Waals surface area contributed by atoms with Crippen LogP contribution in [0.2, 0.25) is 0 Å². The second kappa shape index (κ2) is 10.5. The summed E-state index contributed by atoms with van der Waals surface area (Å²) in [6.45, 7) is 1.15. The smallest absolute Gasteiger partial charge is 0.261 e. The van der Waals surface area contributed by atoms with Gasteiger partial charge in [-0.25, -0.2) is 4.98 Å². The minimum atomic E-state index is -0.219. The van der Waals surface area contributed by atoms with Crippen LogP contribution in [0, 0.1) is 0 Å². The number of nitrogens with one attached hydrogen (secondary N) is 1. The fraction of sp³-hybridized carbons (Fsp3) is 0.250.